The Morgan fingerprint density at radius 1 is 0.941 bits per heavy atom. The SMILES string of the molecule is CCCCC(CCCNC(=O)N[C@@H]1CCN(C(=O)OC(C)(C)C)C1)C1CCCCCCCCC1. The van der Waals surface area contributed by atoms with Crippen LogP contribution in [0.1, 0.15) is 124 Å². The Morgan fingerprint density at radius 2 is 1.56 bits per heavy atom. The number of nitrogens with zero attached hydrogens (tertiary/aromatic N) is 1. The zero-order chi connectivity index (χ0) is 24.8. The van der Waals surface area contributed by atoms with Crippen LogP contribution in [-0.2, 0) is 4.74 Å². The lowest BCUT2D eigenvalue weighted by Gasteiger charge is -2.28. The molecule has 2 rings (SSSR count). The van der Waals surface area contributed by atoms with Crippen LogP contribution >= 0.6 is 0 Å². The maximum Gasteiger partial charge on any atom is 0.410 e. The second-order valence-corrected chi connectivity index (χ2v) is 11.7. The number of carbonyl (C=O) groups excluding carboxylic acids is 2. The molecule has 1 saturated carbocycles. The van der Waals surface area contributed by atoms with Gasteiger partial charge >= 0.3 is 12.1 Å². The zero-order valence-corrected chi connectivity index (χ0v) is 22.6. The standard InChI is InChI=1S/C28H53N3O3/c1-5-6-15-23(24-16-12-10-8-7-9-11-13-17-24)18-14-20-29-26(32)30-25-19-21-31(22-25)27(33)34-28(2,3)4/h23-25H,5-22H2,1-4H3,(H2,29,30,32)/t23?,25-/m1/s1. The fraction of sp³-hybridized carbons (Fsp3) is 0.929. The van der Waals surface area contributed by atoms with Crippen molar-refractivity contribution in [2.24, 2.45) is 11.8 Å². The third-order valence-electron chi connectivity index (χ3n) is 7.46. The Balaban J connectivity index is 1.69. The number of nitrogens with one attached hydrogen (secondary N) is 2. The number of carbonyl (C=O) groups is 2. The van der Waals surface area contributed by atoms with Gasteiger partial charge < -0.3 is 20.3 Å². The van der Waals surface area contributed by atoms with Crippen molar-refractivity contribution < 1.29 is 14.3 Å². The summed E-state index contributed by atoms with van der Waals surface area (Å²) in [5.41, 5.74) is -0.497. The molecular formula is C28H53N3O3. The average Bonchev–Trinajstić information content (AvgIpc) is 3.24. The number of urea groups is 1. The van der Waals surface area contributed by atoms with Crippen LogP contribution in [0.15, 0.2) is 0 Å². The molecule has 1 aliphatic heterocycles. The molecule has 0 aromatic rings. The molecule has 6 heteroatoms. The topological polar surface area (TPSA) is 70.7 Å². The van der Waals surface area contributed by atoms with Gasteiger partial charge in [-0.3, -0.25) is 0 Å². The molecule has 0 radical (unpaired) electrons. The van der Waals surface area contributed by atoms with E-state index < -0.39 is 5.60 Å². The number of rotatable bonds is 9. The first-order chi connectivity index (χ1) is 16.3. The van der Waals surface area contributed by atoms with Crippen molar-refractivity contribution in [1.29, 1.82) is 0 Å². The van der Waals surface area contributed by atoms with Gasteiger partial charge in [0.15, 0.2) is 0 Å². The Bertz CT molecular complexity index is 580. The van der Waals surface area contributed by atoms with Crippen LogP contribution in [0.4, 0.5) is 9.59 Å². The molecule has 0 bridgehead atoms. The third kappa shape index (κ3) is 11.8. The normalized spacial score (nSPS) is 21.6. The van der Waals surface area contributed by atoms with E-state index in [0.29, 0.717) is 13.1 Å². The Kier molecular flexibility index (Phi) is 13.1. The second-order valence-electron chi connectivity index (χ2n) is 11.7. The first kappa shape index (κ1) is 28.8. The molecule has 1 saturated heterocycles. The van der Waals surface area contributed by atoms with E-state index in [0.717, 1.165) is 31.2 Å². The highest BCUT2D eigenvalue weighted by Crippen LogP contribution is 2.33. The number of unbranched alkanes of at least 4 members (excludes halogenated alkanes) is 1. The van der Waals surface area contributed by atoms with Crippen molar-refractivity contribution in [2.75, 3.05) is 19.6 Å². The summed E-state index contributed by atoms with van der Waals surface area (Å²) < 4.78 is 5.44. The van der Waals surface area contributed by atoms with Gasteiger partial charge in [0.05, 0.1) is 0 Å². The predicted octanol–water partition coefficient (Wildman–Crippen LogP) is 7.02. The van der Waals surface area contributed by atoms with Gasteiger partial charge in [-0.25, -0.2) is 9.59 Å². The van der Waals surface area contributed by atoms with Crippen LogP contribution in [0.25, 0.3) is 0 Å². The monoisotopic (exact) mass is 479 g/mol. The first-order valence-corrected chi connectivity index (χ1v) is 14.3. The first-order valence-electron chi connectivity index (χ1n) is 14.3. The molecule has 34 heavy (non-hydrogen) atoms. The fourth-order valence-electron chi connectivity index (χ4n) is 5.57. The Morgan fingerprint density at radius 3 is 2.18 bits per heavy atom. The van der Waals surface area contributed by atoms with E-state index in [4.69, 9.17) is 4.74 Å². The van der Waals surface area contributed by atoms with Crippen molar-refractivity contribution in [3.8, 4) is 0 Å². The van der Waals surface area contributed by atoms with Gasteiger partial charge in [0, 0.05) is 25.7 Å². The van der Waals surface area contributed by atoms with Crippen LogP contribution in [0, 0.1) is 11.8 Å². The molecule has 1 heterocycles. The van der Waals surface area contributed by atoms with Gasteiger partial charge in [-0.1, -0.05) is 84.0 Å². The van der Waals surface area contributed by atoms with Crippen LogP contribution in [0.2, 0.25) is 0 Å². The van der Waals surface area contributed by atoms with Crippen molar-refractivity contribution in [2.45, 2.75) is 136 Å². The van der Waals surface area contributed by atoms with Gasteiger partial charge in [-0.2, -0.15) is 0 Å². The van der Waals surface area contributed by atoms with Crippen LogP contribution in [0.3, 0.4) is 0 Å². The van der Waals surface area contributed by atoms with E-state index in [9.17, 15) is 9.59 Å². The summed E-state index contributed by atoms with van der Waals surface area (Å²) in [7, 11) is 0. The van der Waals surface area contributed by atoms with Crippen LogP contribution in [0.5, 0.6) is 0 Å². The maximum atomic E-state index is 12.4. The number of likely N-dealkylation sites (tertiary alicyclic amines) is 1. The highest BCUT2D eigenvalue weighted by Gasteiger charge is 2.30. The number of hydrogen-bond acceptors (Lipinski definition) is 3. The maximum absolute atomic E-state index is 12.4. The van der Waals surface area contributed by atoms with Crippen molar-refractivity contribution in [3.63, 3.8) is 0 Å². The molecule has 3 amide bonds. The molecule has 2 aliphatic rings. The minimum absolute atomic E-state index is 0.00670. The summed E-state index contributed by atoms with van der Waals surface area (Å²) in [6.07, 6.45) is 19.4. The average molecular weight is 480 g/mol. The van der Waals surface area contributed by atoms with E-state index in [-0.39, 0.29) is 18.2 Å². The summed E-state index contributed by atoms with van der Waals surface area (Å²) in [5, 5.41) is 6.10. The fourth-order valence-corrected chi connectivity index (χ4v) is 5.57. The molecule has 2 N–H and O–H groups in total. The van der Waals surface area contributed by atoms with E-state index in [2.05, 4.69) is 17.6 Å². The molecule has 1 aliphatic carbocycles. The highest BCUT2D eigenvalue weighted by atomic mass is 16.6. The smallest absolute Gasteiger partial charge is 0.410 e. The van der Waals surface area contributed by atoms with Gasteiger partial charge in [-0.05, 0) is 51.9 Å². The summed E-state index contributed by atoms with van der Waals surface area (Å²) in [4.78, 5) is 26.3. The number of amides is 3. The molecule has 6 nitrogen and oxygen atoms in total. The van der Waals surface area contributed by atoms with Crippen LogP contribution < -0.4 is 10.6 Å². The zero-order valence-electron chi connectivity index (χ0n) is 22.6. The van der Waals surface area contributed by atoms with Crippen molar-refractivity contribution in [1.82, 2.24) is 15.5 Å². The van der Waals surface area contributed by atoms with Crippen LogP contribution in [-0.4, -0.2) is 48.3 Å². The van der Waals surface area contributed by atoms with Gasteiger partial charge in [0.1, 0.15) is 5.60 Å². The van der Waals surface area contributed by atoms with E-state index in [1.54, 1.807) is 4.90 Å². The largest absolute Gasteiger partial charge is 0.444 e. The number of hydrogen-bond donors (Lipinski definition) is 2. The number of ether oxygens (including phenoxy) is 1. The predicted molar refractivity (Wildman–Crippen MR) is 140 cm³/mol. The molecule has 2 fully saturated rings. The quantitative estimate of drug-likeness (QED) is 0.349. The summed E-state index contributed by atoms with van der Waals surface area (Å²) in [6.45, 7) is 9.78. The lowest BCUT2D eigenvalue weighted by molar-refractivity contribution is 0.0291. The molecule has 0 aromatic heterocycles. The van der Waals surface area contributed by atoms with Gasteiger partial charge in [0.25, 0.3) is 0 Å². The lowest BCUT2D eigenvalue weighted by atomic mass is 9.78. The summed E-state index contributed by atoms with van der Waals surface area (Å²) in [5.74, 6) is 1.68. The van der Waals surface area contributed by atoms with E-state index >= 15 is 0 Å². The summed E-state index contributed by atoms with van der Waals surface area (Å²) >= 11 is 0. The highest BCUT2D eigenvalue weighted by molar-refractivity contribution is 5.74. The van der Waals surface area contributed by atoms with Crippen molar-refractivity contribution in [3.05, 3.63) is 0 Å². The molecule has 0 spiro atoms. The third-order valence-corrected chi connectivity index (χ3v) is 7.46. The van der Waals surface area contributed by atoms with E-state index in [1.807, 2.05) is 20.8 Å². The Labute approximate surface area is 209 Å². The molecule has 198 valence electrons. The van der Waals surface area contributed by atoms with Crippen molar-refractivity contribution >= 4 is 12.1 Å². The minimum Gasteiger partial charge on any atom is -0.444 e. The Hall–Kier alpha value is -1.46. The molecule has 1 unspecified atom stereocenters. The summed E-state index contributed by atoms with van der Waals surface area (Å²) in [6, 6.07) is -0.118. The van der Waals surface area contributed by atoms with Gasteiger partial charge in [0.2, 0.25) is 0 Å². The van der Waals surface area contributed by atoms with Gasteiger partial charge in [-0.15, -0.1) is 0 Å². The minimum atomic E-state index is -0.497. The second kappa shape index (κ2) is 15.5. The molecule has 0 aromatic carbocycles. The van der Waals surface area contributed by atoms with E-state index in [1.165, 1.54) is 83.5 Å². The molecule has 2 atom stereocenters. The molecular weight excluding hydrogens is 426 g/mol. The lowest BCUT2D eigenvalue weighted by Crippen LogP contribution is -2.44.